The van der Waals surface area contributed by atoms with Crippen molar-refractivity contribution in [1.82, 2.24) is 4.37 Å². The van der Waals surface area contributed by atoms with E-state index in [-0.39, 0.29) is 16.1 Å². The zero-order chi connectivity index (χ0) is 13.3. The van der Waals surface area contributed by atoms with E-state index in [9.17, 15) is 18.0 Å². The van der Waals surface area contributed by atoms with E-state index in [2.05, 4.69) is 4.37 Å². The largest absolute Gasteiger partial charge is 0.477 e. The van der Waals surface area contributed by atoms with Crippen LogP contribution in [0.2, 0.25) is 0 Å². The van der Waals surface area contributed by atoms with Gasteiger partial charge in [-0.3, -0.25) is 0 Å². The van der Waals surface area contributed by atoms with Crippen LogP contribution in [-0.2, 0) is 6.18 Å². The highest BCUT2D eigenvalue weighted by Crippen LogP contribution is 2.32. The molecule has 1 heterocycles. The molecule has 2 aromatic rings. The molecule has 0 saturated heterocycles. The summed E-state index contributed by atoms with van der Waals surface area (Å²) in [6.45, 7) is 0. The van der Waals surface area contributed by atoms with Crippen molar-refractivity contribution in [2.24, 2.45) is 0 Å². The molecule has 0 radical (unpaired) electrons. The third-order valence-electron chi connectivity index (χ3n) is 2.21. The van der Waals surface area contributed by atoms with Gasteiger partial charge in [-0.05, 0) is 29.7 Å². The molecule has 0 aliphatic rings. The van der Waals surface area contributed by atoms with Crippen LogP contribution in [-0.4, -0.2) is 15.4 Å². The first-order valence-corrected chi connectivity index (χ1v) is 5.53. The van der Waals surface area contributed by atoms with E-state index < -0.39 is 17.7 Å². The van der Waals surface area contributed by atoms with Crippen molar-refractivity contribution in [3.63, 3.8) is 0 Å². The molecule has 94 valence electrons. The molecule has 1 aromatic carbocycles. The lowest BCUT2D eigenvalue weighted by Crippen LogP contribution is -2.04. The Kier molecular flexibility index (Phi) is 3.08. The summed E-state index contributed by atoms with van der Waals surface area (Å²) in [5, 5.41) is 8.72. The Morgan fingerprint density at radius 2 is 2.00 bits per heavy atom. The van der Waals surface area contributed by atoms with Crippen molar-refractivity contribution in [3.8, 4) is 11.3 Å². The summed E-state index contributed by atoms with van der Waals surface area (Å²) >= 11 is 0.735. The number of alkyl halides is 3. The zero-order valence-corrected chi connectivity index (χ0v) is 9.55. The lowest BCUT2D eigenvalue weighted by Gasteiger charge is -2.07. The van der Waals surface area contributed by atoms with E-state index >= 15 is 0 Å². The molecular weight excluding hydrogens is 267 g/mol. The number of rotatable bonds is 2. The van der Waals surface area contributed by atoms with Gasteiger partial charge in [0.15, 0.2) is 0 Å². The second-order valence-corrected chi connectivity index (χ2v) is 4.27. The summed E-state index contributed by atoms with van der Waals surface area (Å²) in [5.41, 5.74) is -0.318. The van der Waals surface area contributed by atoms with E-state index in [0.717, 1.165) is 23.7 Å². The Hall–Kier alpha value is -1.89. The van der Waals surface area contributed by atoms with Crippen molar-refractivity contribution in [3.05, 3.63) is 40.8 Å². The standard InChI is InChI=1S/C11H6F3NO2S/c12-11(13,14)7-3-1-2-6(4-7)8-5-9(10(16)17)18-15-8/h1-5H,(H,16,17). The van der Waals surface area contributed by atoms with Crippen molar-refractivity contribution in [1.29, 1.82) is 0 Å². The van der Waals surface area contributed by atoms with E-state index in [1.54, 1.807) is 0 Å². The van der Waals surface area contributed by atoms with Crippen LogP contribution in [0.25, 0.3) is 11.3 Å². The monoisotopic (exact) mass is 273 g/mol. The quantitative estimate of drug-likeness (QED) is 0.910. The molecule has 1 N–H and O–H groups in total. The topological polar surface area (TPSA) is 50.2 Å². The zero-order valence-electron chi connectivity index (χ0n) is 8.73. The summed E-state index contributed by atoms with van der Waals surface area (Å²) in [6.07, 6.45) is -4.43. The molecule has 0 amide bonds. The van der Waals surface area contributed by atoms with Crippen molar-refractivity contribution in [2.45, 2.75) is 6.18 Å². The predicted octanol–water partition coefficient (Wildman–Crippen LogP) is 3.53. The molecular formula is C11H6F3NO2S. The number of halogens is 3. The lowest BCUT2D eigenvalue weighted by atomic mass is 10.1. The Morgan fingerprint density at radius 3 is 2.56 bits per heavy atom. The molecule has 0 unspecified atom stereocenters. The summed E-state index contributed by atoms with van der Waals surface area (Å²) in [7, 11) is 0. The molecule has 7 heteroatoms. The van der Waals surface area contributed by atoms with E-state index in [1.165, 1.54) is 18.2 Å². The highest BCUT2D eigenvalue weighted by molar-refractivity contribution is 7.08. The predicted molar refractivity (Wildman–Crippen MR) is 59.5 cm³/mol. The number of aromatic nitrogens is 1. The summed E-state index contributed by atoms with van der Waals surface area (Å²) in [4.78, 5) is 10.7. The first kappa shape index (κ1) is 12.6. The van der Waals surface area contributed by atoms with Gasteiger partial charge in [0.2, 0.25) is 0 Å². The first-order valence-electron chi connectivity index (χ1n) is 4.75. The fraction of sp³-hybridized carbons (Fsp3) is 0.0909. The fourth-order valence-electron chi connectivity index (χ4n) is 1.37. The van der Waals surface area contributed by atoms with Gasteiger partial charge < -0.3 is 5.11 Å². The maximum absolute atomic E-state index is 12.5. The normalized spacial score (nSPS) is 11.5. The number of aromatic carboxylic acids is 1. The molecule has 0 saturated carbocycles. The van der Waals surface area contributed by atoms with Gasteiger partial charge in [-0.1, -0.05) is 12.1 Å². The number of hydrogen-bond acceptors (Lipinski definition) is 3. The molecule has 1 aromatic heterocycles. The number of hydrogen-bond donors (Lipinski definition) is 1. The van der Waals surface area contributed by atoms with Gasteiger partial charge in [0.05, 0.1) is 11.3 Å². The second kappa shape index (κ2) is 4.41. The maximum Gasteiger partial charge on any atom is 0.416 e. The summed E-state index contributed by atoms with van der Waals surface area (Å²) in [6, 6.07) is 5.87. The van der Waals surface area contributed by atoms with E-state index in [0.29, 0.717) is 0 Å². The van der Waals surface area contributed by atoms with Crippen LogP contribution < -0.4 is 0 Å². The minimum atomic E-state index is -4.43. The molecule has 0 bridgehead atoms. The fourth-order valence-corrected chi connectivity index (χ4v) is 1.96. The third-order valence-corrected chi connectivity index (χ3v) is 2.98. The van der Waals surface area contributed by atoms with Crippen LogP contribution >= 0.6 is 11.5 Å². The van der Waals surface area contributed by atoms with Gasteiger partial charge in [0, 0.05) is 5.56 Å². The minimum Gasteiger partial charge on any atom is -0.477 e. The Labute approximate surface area is 104 Å². The van der Waals surface area contributed by atoms with Gasteiger partial charge in [0.25, 0.3) is 0 Å². The van der Waals surface area contributed by atoms with Gasteiger partial charge >= 0.3 is 12.1 Å². The Morgan fingerprint density at radius 1 is 1.28 bits per heavy atom. The van der Waals surface area contributed by atoms with Crippen LogP contribution in [0.4, 0.5) is 13.2 Å². The smallest absolute Gasteiger partial charge is 0.416 e. The van der Waals surface area contributed by atoms with Crippen LogP contribution in [0.5, 0.6) is 0 Å². The van der Waals surface area contributed by atoms with Crippen LogP contribution in [0, 0.1) is 0 Å². The Balaban J connectivity index is 2.41. The van der Waals surface area contributed by atoms with Crippen LogP contribution in [0.15, 0.2) is 30.3 Å². The van der Waals surface area contributed by atoms with Gasteiger partial charge in [-0.2, -0.15) is 17.5 Å². The Bertz CT molecular complexity index is 592. The minimum absolute atomic E-state index is 0.0117. The van der Waals surface area contributed by atoms with Crippen LogP contribution in [0.1, 0.15) is 15.2 Å². The molecule has 0 aliphatic carbocycles. The molecule has 0 fully saturated rings. The van der Waals surface area contributed by atoms with Crippen molar-refractivity contribution >= 4 is 17.5 Å². The number of carboxylic acids is 1. The number of carbonyl (C=O) groups is 1. The summed E-state index contributed by atoms with van der Waals surface area (Å²) in [5.74, 6) is -1.15. The van der Waals surface area contributed by atoms with Crippen molar-refractivity contribution in [2.75, 3.05) is 0 Å². The highest BCUT2D eigenvalue weighted by atomic mass is 32.1. The molecule has 18 heavy (non-hydrogen) atoms. The molecule has 0 spiro atoms. The lowest BCUT2D eigenvalue weighted by molar-refractivity contribution is -0.137. The van der Waals surface area contributed by atoms with Crippen molar-refractivity contribution < 1.29 is 23.1 Å². The summed E-state index contributed by atoms with van der Waals surface area (Å²) < 4.78 is 41.3. The van der Waals surface area contributed by atoms with E-state index in [1.807, 2.05) is 0 Å². The van der Waals surface area contributed by atoms with Gasteiger partial charge in [0.1, 0.15) is 4.88 Å². The average Bonchev–Trinajstić information content (AvgIpc) is 2.77. The first-order chi connectivity index (χ1) is 8.38. The SMILES string of the molecule is O=C(O)c1cc(-c2cccc(C(F)(F)F)c2)ns1. The number of benzene rings is 1. The molecule has 3 nitrogen and oxygen atoms in total. The average molecular weight is 273 g/mol. The van der Waals surface area contributed by atoms with E-state index in [4.69, 9.17) is 5.11 Å². The van der Waals surface area contributed by atoms with Gasteiger partial charge in [-0.25, -0.2) is 4.79 Å². The third kappa shape index (κ3) is 2.51. The second-order valence-electron chi connectivity index (χ2n) is 3.46. The molecule has 2 rings (SSSR count). The highest BCUT2D eigenvalue weighted by Gasteiger charge is 2.30. The van der Waals surface area contributed by atoms with Crippen LogP contribution in [0.3, 0.4) is 0 Å². The number of nitrogens with zero attached hydrogens (tertiary/aromatic N) is 1. The number of carboxylic acid groups (broad SMARTS) is 1. The van der Waals surface area contributed by atoms with Gasteiger partial charge in [-0.15, -0.1) is 0 Å². The molecule has 0 aliphatic heterocycles. The molecule has 0 atom stereocenters. The maximum atomic E-state index is 12.5.